The molecule has 0 atom stereocenters. The third kappa shape index (κ3) is 5.55. The van der Waals surface area contributed by atoms with E-state index in [2.05, 4.69) is 0 Å². The molecule has 0 spiro atoms. The standard InChI is InChI=1S/C19H20N2O6S2/c22-16(20-7-9-26-10-8-20)12-27-14-4-2-1-3-13(14)11-15-18(25)21(19(28)29-15)6-5-17(23)24/h1-4,11H,5-10,12H2,(H,23,24). The zero-order valence-corrected chi connectivity index (χ0v) is 17.2. The third-order valence-electron chi connectivity index (χ3n) is 4.34. The minimum absolute atomic E-state index is 0.0313. The maximum absolute atomic E-state index is 12.6. The van der Waals surface area contributed by atoms with E-state index in [-0.39, 0.29) is 31.4 Å². The number of nitrogens with zero attached hydrogens (tertiary/aromatic N) is 2. The second-order valence-electron chi connectivity index (χ2n) is 6.30. The summed E-state index contributed by atoms with van der Waals surface area (Å²) in [6.07, 6.45) is 1.47. The number of ether oxygens (including phenoxy) is 2. The molecule has 0 radical (unpaired) electrons. The van der Waals surface area contributed by atoms with Crippen LogP contribution in [0.4, 0.5) is 0 Å². The molecule has 0 unspecified atom stereocenters. The predicted octanol–water partition coefficient (Wildman–Crippen LogP) is 1.60. The number of amides is 2. The van der Waals surface area contributed by atoms with Gasteiger partial charge in [-0.25, -0.2) is 0 Å². The Morgan fingerprint density at radius 2 is 2.00 bits per heavy atom. The Labute approximate surface area is 177 Å². The fourth-order valence-electron chi connectivity index (χ4n) is 2.82. The van der Waals surface area contributed by atoms with Crippen molar-refractivity contribution in [2.75, 3.05) is 39.5 Å². The molecule has 2 fully saturated rings. The number of hydrogen-bond donors (Lipinski definition) is 1. The molecular formula is C19H20N2O6S2. The van der Waals surface area contributed by atoms with E-state index >= 15 is 0 Å². The number of aliphatic carboxylic acids is 1. The minimum Gasteiger partial charge on any atom is -0.483 e. The van der Waals surface area contributed by atoms with E-state index in [1.54, 1.807) is 35.2 Å². The average Bonchev–Trinajstić information content (AvgIpc) is 2.98. The van der Waals surface area contributed by atoms with Crippen LogP contribution in [0.5, 0.6) is 5.75 Å². The van der Waals surface area contributed by atoms with Gasteiger partial charge in [0.25, 0.3) is 11.8 Å². The molecule has 1 aromatic carbocycles. The molecule has 0 saturated carbocycles. The molecule has 3 rings (SSSR count). The van der Waals surface area contributed by atoms with Gasteiger partial charge in [0, 0.05) is 25.2 Å². The SMILES string of the molecule is O=C(O)CCN1C(=O)C(=Cc2ccccc2OCC(=O)N2CCOCC2)SC1=S. The molecule has 0 bridgehead atoms. The number of carboxylic acid groups (broad SMARTS) is 1. The van der Waals surface area contributed by atoms with Crippen LogP contribution in [0.15, 0.2) is 29.2 Å². The van der Waals surface area contributed by atoms with Crippen LogP contribution in [0.2, 0.25) is 0 Å². The first-order chi connectivity index (χ1) is 14.0. The van der Waals surface area contributed by atoms with E-state index in [9.17, 15) is 14.4 Å². The van der Waals surface area contributed by atoms with Crippen molar-refractivity contribution in [2.24, 2.45) is 0 Å². The van der Waals surface area contributed by atoms with E-state index in [0.717, 1.165) is 11.8 Å². The fraction of sp³-hybridized carbons (Fsp3) is 0.368. The van der Waals surface area contributed by atoms with Crippen LogP contribution in [-0.2, 0) is 19.1 Å². The van der Waals surface area contributed by atoms with E-state index in [4.69, 9.17) is 26.8 Å². The Hall–Kier alpha value is -2.43. The van der Waals surface area contributed by atoms with Gasteiger partial charge in [-0.1, -0.05) is 42.2 Å². The van der Waals surface area contributed by atoms with Crippen molar-refractivity contribution >= 4 is 52.2 Å². The van der Waals surface area contributed by atoms with E-state index in [1.165, 1.54) is 4.90 Å². The molecule has 2 amide bonds. The van der Waals surface area contributed by atoms with E-state index < -0.39 is 5.97 Å². The second kappa shape index (κ2) is 9.86. The fourth-order valence-corrected chi connectivity index (χ4v) is 4.12. The molecule has 29 heavy (non-hydrogen) atoms. The topological polar surface area (TPSA) is 96.4 Å². The van der Waals surface area contributed by atoms with Crippen LogP contribution >= 0.6 is 24.0 Å². The Balaban J connectivity index is 1.68. The van der Waals surface area contributed by atoms with Crippen LogP contribution in [-0.4, -0.2) is 76.5 Å². The number of hydrogen-bond acceptors (Lipinski definition) is 7. The van der Waals surface area contributed by atoms with Gasteiger partial charge in [0.2, 0.25) is 0 Å². The lowest BCUT2D eigenvalue weighted by atomic mass is 10.2. The number of thioether (sulfide) groups is 1. The Morgan fingerprint density at radius 3 is 2.72 bits per heavy atom. The van der Waals surface area contributed by atoms with Crippen molar-refractivity contribution in [1.82, 2.24) is 9.80 Å². The number of para-hydroxylation sites is 1. The molecule has 1 aromatic rings. The molecule has 2 saturated heterocycles. The van der Waals surface area contributed by atoms with Gasteiger partial charge in [0.15, 0.2) is 6.61 Å². The van der Waals surface area contributed by atoms with Crippen molar-refractivity contribution < 1.29 is 29.0 Å². The smallest absolute Gasteiger partial charge is 0.305 e. The van der Waals surface area contributed by atoms with Gasteiger partial charge >= 0.3 is 5.97 Å². The Kier molecular flexibility index (Phi) is 7.24. The van der Waals surface area contributed by atoms with Crippen LogP contribution < -0.4 is 4.74 Å². The van der Waals surface area contributed by atoms with Gasteiger partial charge in [0.1, 0.15) is 10.1 Å². The van der Waals surface area contributed by atoms with E-state index in [0.29, 0.717) is 46.8 Å². The first-order valence-corrected chi connectivity index (χ1v) is 10.2. The molecule has 10 heteroatoms. The summed E-state index contributed by atoms with van der Waals surface area (Å²) in [4.78, 5) is 39.0. The number of rotatable bonds is 7. The van der Waals surface area contributed by atoms with Crippen molar-refractivity contribution in [3.63, 3.8) is 0 Å². The van der Waals surface area contributed by atoms with Gasteiger partial charge in [-0.05, 0) is 12.1 Å². The van der Waals surface area contributed by atoms with Gasteiger partial charge in [0.05, 0.1) is 24.5 Å². The highest BCUT2D eigenvalue weighted by atomic mass is 32.2. The molecule has 2 aliphatic rings. The Morgan fingerprint density at radius 1 is 1.28 bits per heavy atom. The highest BCUT2D eigenvalue weighted by molar-refractivity contribution is 8.26. The van der Waals surface area contributed by atoms with Gasteiger partial charge in [-0.3, -0.25) is 19.3 Å². The lowest BCUT2D eigenvalue weighted by Gasteiger charge is -2.26. The van der Waals surface area contributed by atoms with Crippen LogP contribution in [0, 0.1) is 0 Å². The minimum atomic E-state index is -0.994. The summed E-state index contributed by atoms with van der Waals surface area (Å²) in [5.74, 6) is -0.972. The zero-order chi connectivity index (χ0) is 20.8. The summed E-state index contributed by atoms with van der Waals surface area (Å²) in [5.41, 5.74) is 0.640. The largest absolute Gasteiger partial charge is 0.483 e. The van der Waals surface area contributed by atoms with Crippen molar-refractivity contribution in [3.05, 3.63) is 34.7 Å². The van der Waals surface area contributed by atoms with Gasteiger partial charge in [-0.2, -0.15) is 0 Å². The monoisotopic (exact) mass is 436 g/mol. The average molecular weight is 437 g/mol. The summed E-state index contributed by atoms with van der Waals surface area (Å²) in [7, 11) is 0. The predicted molar refractivity (Wildman–Crippen MR) is 111 cm³/mol. The number of carboxylic acids is 1. The first-order valence-electron chi connectivity index (χ1n) is 9.00. The third-order valence-corrected chi connectivity index (χ3v) is 5.72. The van der Waals surface area contributed by atoms with Crippen molar-refractivity contribution in [1.29, 1.82) is 0 Å². The number of carbonyl (C=O) groups excluding carboxylic acids is 2. The summed E-state index contributed by atoms with van der Waals surface area (Å²) >= 11 is 6.31. The zero-order valence-electron chi connectivity index (χ0n) is 15.5. The molecule has 2 heterocycles. The highest BCUT2D eigenvalue weighted by Crippen LogP contribution is 2.34. The lowest BCUT2D eigenvalue weighted by molar-refractivity contribution is -0.138. The normalized spacial score (nSPS) is 18.4. The molecule has 2 aliphatic heterocycles. The maximum atomic E-state index is 12.6. The highest BCUT2D eigenvalue weighted by Gasteiger charge is 2.32. The lowest BCUT2D eigenvalue weighted by Crippen LogP contribution is -2.43. The number of thiocarbonyl (C=S) groups is 1. The molecule has 154 valence electrons. The number of carbonyl (C=O) groups is 3. The quantitative estimate of drug-likeness (QED) is 0.509. The van der Waals surface area contributed by atoms with Crippen molar-refractivity contribution in [2.45, 2.75) is 6.42 Å². The van der Waals surface area contributed by atoms with Crippen LogP contribution in [0.25, 0.3) is 6.08 Å². The summed E-state index contributed by atoms with van der Waals surface area (Å²) in [6.45, 7) is 2.05. The number of benzene rings is 1. The molecule has 0 aromatic heterocycles. The van der Waals surface area contributed by atoms with E-state index in [1.807, 2.05) is 0 Å². The molecule has 0 aliphatic carbocycles. The second-order valence-corrected chi connectivity index (χ2v) is 7.97. The van der Waals surface area contributed by atoms with Gasteiger partial charge in [-0.15, -0.1) is 0 Å². The molecular weight excluding hydrogens is 416 g/mol. The number of morpholine rings is 1. The summed E-state index contributed by atoms with van der Waals surface area (Å²) < 4.78 is 11.3. The van der Waals surface area contributed by atoms with Crippen molar-refractivity contribution in [3.8, 4) is 5.75 Å². The summed E-state index contributed by atoms with van der Waals surface area (Å²) in [6, 6.07) is 7.08. The molecule has 8 nitrogen and oxygen atoms in total. The maximum Gasteiger partial charge on any atom is 0.305 e. The van der Waals surface area contributed by atoms with Gasteiger partial charge < -0.3 is 19.5 Å². The Bertz CT molecular complexity index is 851. The first kappa shape index (κ1) is 21.3. The molecule has 1 N–H and O–H groups in total. The van der Waals surface area contributed by atoms with Crippen LogP contribution in [0.1, 0.15) is 12.0 Å². The summed E-state index contributed by atoms with van der Waals surface area (Å²) in [5, 5.41) is 8.82. The van der Waals surface area contributed by atoms with Crippen LogP contribution in [0.3, 0.4) is 0 Å².